The molecule has 2 rings (SSSR count). The molecule has 0 radical (unpaired) electrons. The molecule has 0 fully saturated rings. The first-order valence-electron chi connectivity index (χ1n) is 6.54. The minimum absolute atomic E-state index is 0.205. The Hall–Kier alpha value is -1.97. The minimum Gasteiger partial charge on any atom is -0.491 e. The molecule has 2 aromatic rings. The molecule has 0 amide bonds. The van der Waals surface area contributed by atoms with E-state index in [1.165, 1.54) is 5.69 Å². The van der Waals surface area contributed by atoms with Gasteiger partial charge in [-0.3, -0.25) is 4.68 Å². The third kappa shape index (κ3) is 3.74. The summed E-state index contributed by atoms with van der Waals surface area (Å²) in [4.78, 5) is 0. The molecule has 0 atom stereocenters. The number of aryl methyl sites for hydroxylation is 2. The molecular weight excluding hydrogens is 238 g/mol. The number of nitrogens with zero attached hydrogens (tertiary/aromatic N) is 2. The molecule has 0 saturated heterocycles. The van der Waals surface area contributed by atoms with Gasteiger partial charge in [-0.2, -0.15) is 5.10 Å². The fourth-order valence-corrected chi connectivity index (χ4v) is 1.95. The highest BCUT2D eigenvalue weighted by molar-refractivity contribution is 5.46. The van der Waals surface area contributed by atoms with Crippen LogP contribution in [-0.4, -0.2) is 15.9 Å². The zero-order valence-corrected chi connectivity index (χ0v) is 12.0. The molecule has 1 N–H and O–H groups in total. The third-order valence-electron chi connectivity index (χ3n) is 2.80. The highest BCUT2D eigenvalue weighted by Gasteiger charge is 2.02. The summed E-state index contributed by atoms with van der Waals surface area (Å²) in [5, 5.41) is 7.71. The predicted octanol–water partition coefficient (Wildman–Crippen LogP) is 3.13. The summed E-state index contributed by atoms with van der Waals surface area (Å²) in [6.07, 6.45) is 0.205. The summed E-state index contributed by atoms with van der Waals surface area (Å²) in [7, 11) is 1.96. The van der Waals surface area contributed by atoms with Crippen LogP contribution in [0.15, 0.2) is 30.3 Å². The van der Waals surface area contributed by atoms with Gasteiger partial charge in [-0.05, 0) is 51.1 Å². The van der Waals surface area contributed by atoms with Crippen LogP contribution < -0.4 is 10.1 Å². The number of anilines is 1. The second-order valence-electron chi connectivity index (χ2n) is 4.95. The molecule has 4 heteroatoms. The molecule has 0 aliphatic heterocycles. The topological polar surface area (TPSA) is 39.1 Å². The van der Waals surface area contributed by atoms with E-state index in [1.807, 2.05) is 56.8 Å². The van der Waals surface area contributed by atoms with Crippen molar-refractivity contribution in [3.05, 3.63) is 41.7 Å². The van der Waals surface area contributed by atoms with E-state index in [0.29, 0.717) is 0 Å². The van der Waals surface area contributed by atoms with Crippen LogP contribution >= 0.6 is 0 Å². The summed E-state index contributed by atoms with van der Waals surface area (Å²) >= 11 is 0. The smallest absolute Gasteiger partial charge is 0.119 e. The van der Waals surface area contributed by atoms with Gasteiger partial charge in [-0.25, -0.2) is 0 Å². The van der Waals surface area contributed by atoms with E-state index in [-0.39, 0.29) is 6.10 Å². The lowest BCUT2D eigenvalue weighted by Gasteiger charge is -2.11. The van der Waals surface area contributed by atoms with Crippen molar-refractivity contribution in [3.63, 3.8) is 0 Å². The van der Waals surface area contributed by atoms with E-state index in [0.717, 1.165) is 23.7 Å². The molecule has 0 aliphatic carbocycles. The lowest BCUT2D eigenvalue weighted by Crippen LogP contribution is -2.06. The van der Waals surface area contributed by atoms with Crippen molar-refractivity contribution >= 4 is 5.69 Å². The maximum Gasteiger partial charge on any atom is 0.119 e. The van der Waals surface area contributed by atoms with Crippen molar-refractivity contribution < 1.29 is 4.74 Å². The van der Waals surface area contributed by atoms with Crippen LogP contribution in [0, 0.1) is 6.92 Å². The van der Waals surface area contributed by atoms with E-state index >= 15 is 0 Å². The maximum atomic E-state index is 5.61. The Balaban J connectivity index is 1.94. The highest BCUT2D eigenvalue weighted by Crippen LogP contribution is 2.17. The molecule has 0 unspecified atom stereocenters. The third-order valence-corrected chi connectivity index (χ3v) is 2.80. The standard InChI is InChI=1S/C15H21N3O/c1-11(2)19-15-7-5-13(6-8-15)16-10-14-9-12(3)17-18(14)4/h5-9,11,16H,10H2,1-4H3. The summed E-state index contributed by atoms with van der Waals surface area (Å²) in [6.45, 7) is 6.82. The number of nitrogens with one attached hydrogen (secondary N) is 1. The molecule has 0 aliphatic rings. The van der Waals surface area contributed by atoms with Crippen molar-refractivity contribution in [1.82, 2.24) is 9.78 Å². The molecule has 1 aromatic heterocycles. The van der Waals surface area contributed by atoms with Gasteiger partial charge in [0, 0.05) is 12.7 Å². The average molecular weight is 259 g/mol. The number of hydrogen-bond donors (Lipinski definition) is 1. The lowest BCUT2D eigenvalue weighted by molar-refractivity contribution is 0.242. The summed E-state index contributed by atoms with van der Waals surface area (Å²) in [5.74, 6) is 0.900. The van der Waals surface area contributed by atoms with Gasteiger partial charge in [0.15, 0.2) is 0 Å². The van der Waals surface area contributed by atoms with E-state index in [1.54, 1.807) is 0 Å². The second-order valence-corrected chi connectivity index (χ2v) is 4.95. The van der Waals surface area contributed by atoms with Crippen LogP contribution in [0.2, 0.25) is 0 Å². The van der Waals surface area contributed by atoms with Crippen molar-refractivity contribution in [3.8, 4) is 5.75 Å². The van der Waals surface area contributed by atoms with Gasteiger partial charge >= 0.3 is 0 Å². The van der Waals surface area contributed by atoms with Gasteiger partial charge in [0.1, 0.15) is 5.75 Å². The maximum absolute atomic E-state index is 5.61. The Morgan fingerprint density at radius 3 is 2.47 bits per heavy atom. The van der Waals surface area contributed by atoms with Gasteiger partial charge in [-0.1, -0.05) is 0 Å². The van der Waals surface area contributed by atoms with Crippen molar-refractivity contribution in [2.75, 3.05) is 5.32 Å². The number of aromatic nitrogens is 2. The number of rotatable bonds is 5. The Labute approximate surface area is 114 Å². The molecular formula is C15H21N3O. The number of hydrogen-bond acceptors (Lipinski definition) is 3. The highest BCUT2D eigenvalue weighted by atomic mass is 16.5. The largest absolute Gasteiger partial charge is 0.491 e. The average Bonchev–Trinajstić information content (AvgIpc) is 2.66. The first-order chi connectivity index (χ1) is 9.04. The van der Waals surface area contributed by atoms with Crippen molar-refractivity contribution in [1.29, 1.82) is 0 Å². The second kappa shape index (κ2) is 5.78. The lowest BCUT2D eigenvalue weighted by atomic mass is 10.3. The van der Waals surface area contributed by atoms with Gasteiger partial charge in [0.25, 0.3) is 0 Å². The first-order valence-corrected chi connectivity index (χ1v) is 6.54. The molecule has 1 heterocycles. The molecule has 0 saturated carbocycles. The monoisotopic (exact) mass is 259 g/mol. The van der Waals surface area contributed by atoms with Gasteiger partial charge < -0.3 is 10.1 Å². The zero-order chi connectivity index (χ0) is 13.8. The van der Waals surface area contributed by atoms with Crippen molar-refractivity contribution in [2.24, 2.45) is 7.05 Å². The summed E-state index contributed by atoms with van der Waals surface area (Å²) in [6, 6.07) is 10.1. The van der Waals surface area contributed by atoms with Crippen LogP contribution in [0.3, 0.4) is 0 Å². The fourth-order valence-electron chi connectivity index (χ4n) is 1.95. The van der Waals surface area contributed by atoms with Gasteiger partial charge in [-0.15, -0.1) is 0 Å². The predicted molar refractivity (Wildman–Crippen MR) is 77.5 cm³/mol. The SMILES string of the molecule is Cc1cc(CNc2ccc(OC(C)C)cc2)n(C)n1. The minimum atomic E-state index is 0.205. The summed E-state index contributed by atoms with van der Waals surface area (Å²) < 4.78 is 7.51. The number of ether oxygens (including phenoxy) is 1. The van der Waals surface area contributed by atoms with Crippen LogP contribution in [0.25, 0.3) is 0 Å². The van der Waals surface area contributed by atoms with Crippen LogP contribution in [0.4, 0.5) is 5.69 Å². The molecule has 102 valence electrons. The Kier molecular flexibility index (Phi) is 4.10. The first kappa shape index (κ1) is 13.5. The quantitative estimate of drug-likeness (QED) is 0.896. The van der Waals surface area contributed by atoms with Gasteiger partial charge in [0.2, 0.25) is 0 Å². The van der Waals surface area contributed by atoms with E-state index in [9.17, 15) is 0 Å². The Morgan fingerprint density at radius 1 is 1.26 bits per heavy atom. The van der Waals surface area contributed by atoms with Crippen molar-refractivity contribution in [2.45, 2.75) is 33.4 Å². The van der Waals surface area contributed by atoms with Crippen LogP contribution in [0.5, 0.6) is 5.75 Å². The fraction of sp³-hybridized carbons (Fsp3) is 0.400. The normalized spacial score (nSPS) is 10.8. The number of benzene rings is 1. The summed E-state index contributed by atoms with van der Waals surface area (Å²) in [5.41, 5.74) is 3.29. The molecule has 4 nitrogen and oxygen atoms in total. The Bertz CT molecular complexity index is 529. The molecule has 1 aromatic carbocycles. The molecule has 19 heavy (non-hydrogen) atoms. The van der Waals surface area contributed by atoms with E-state index < -0.39 is 0 Å². The molecule has 0 bridgehead atoms. The Morgan fingerprint density at radius 2 is 1.95 bits per heavy atom. The molecule has 0 spiro atoms. The zero-order valence-electron chi connectivity index (χ0n) is 12.0. The van der Waals surface area contributed by atoms with Gasteiger partial charge in [0.05, 0.1) is 24.0 Å². The van der Waals surface area contributed by atoms with Crippen LogP contribution in [-0.2, 0) is 13.6 Å². The van der Waals surface area contributed by atoms with Crippen LogP contribution in [0.1, 0.15) is 25.2 Å². The van der Waals surface area contributed by atoms with E-state index in [4.69, 9.17) is 4.74 Å². The van der Waals surface area contributed by atoms with E-state index in [2.05, 4.69) is 16.5 Å².